The highest BCUT2D eigenvalue weighted by molar-refractivity contribution is 5.83. The van der Waals surface area contributed by atoms with Crippen LogP contribution in [0.4, 0.5) is 4.79 Å². The second-order valence-electron chi connectivity index (χ2n) is 5.94. The second kappa shape index (κ2) is 5.36. The van der Waals surface area contributed by atoms with Crippen molar-refractivity contribution in [1.29, 1.82) is 0 Å². The first-order valence-electron chi connectivity index (χ1n) is 6.90. The van der Waals surface area contributed by atoms with Crippen LogP contribution in [0.5, 0.6) is 0 Å². The van der Waals surface area contributed by atoms with Gasteiger partial charge in [0.15, 0.2) is 0 Å². The smallest absolute Gasteiger partial charge is 0.319 e. The molecule has 2 fully saturated rings. The Morgan fingerprint density at radius 2 is 1.68 bits per heavy atom. The van der Waals surface area contributed by atoms with E-state index in [2.05, 4.69) is 5.32 Å². The van der Waals surface area contributed by atoms with Crippen molar-refractivity contribution >= 4 is 11.9 Å². The first-order valence-corrected chi connectivity index (χ1v) is 6.90. The third kappa shape index (κ3) is 2.83. The zero-order chi connectivity index (χ0) is 14.0. The Balaban J connectivity index is 1.89. The highest BCUT2D eigenvalue weighted by Gasteiger charge is 2.40. The molecule has 0 spiro atoms. The van der Waals surface area contributed by atoms with Gasteiger partial charge < -0.3 is 20.0 Å². The van der Waals surface area contributed by atoms with E-state index in [0.29, 0.717) is 26.2 Å². The SMILES string of the molecule is CN(C)C(=O)N1CCN(C(=O)C2(C)CCNC2)CC1. The van der Waals surface area contributed by atoms with Crippen LogP contribution in [0, 0.1) is 5.41 Å². The Kier molecular flexibility index (Phi) is 3.99. The van der Waals surface area contributed by atoms with Gasteiger partial charge in [-0.1, -0.05) is 0 Å². The molecule has 19 heavy (non-hydrogen) atoms. The fourth-order valence-corrected chi connectivity index (χ4v) is 2.76. The summed E-state index contributed by atoms with van der Waals surface area (Å²) >= 11 is 0. The van der Waals surface area contributed by atoms with Gasteiger partial charge in [-0.05, 0) is 19.9 Å². The molecule has 0 aromatic heterocycles. The maximum atomic E-state index is 12.5. The molecule has 2 aliphatic rings. The minimum Gasteiger partial charge on any atom is -0.339 e. The number of urea groups is 1. The number of rotatable bonds is 1. The van der Waals surface area contributed by atoms with Gasteiger partial charge in [0.25, 0.3) is 0 Å². The molecule has 2 heterocycles. The molecule has 0 aromatic carbocycles. The van der Waals surface area contributed by atoms with Crippen molar-refractivity contribution in [3.63, 3.8) is 0 Å². The minimum atomic E-state index is -0.256. The molecule has 1 unspecified atom stereocenters. The zero-order valence-electron chi connectivity index (χ0n) is 12.1. The predicted octanol–water partition coefficient (Wildman–Crippen LogP) is -0.188. The fourth-order valence-electron chi connectivity index (χ4n) is 2.76. The molecule has 0 bridgehead atoms. The molecule has 0 aliphatic carbocycles. The van der Waals surface area contributed by atoms with Crippen molar-refractivity contribution in [3.05, 3.63) is 0 Å². The maximum Gasteiger partial charge on any atom is 0.319 e. The van der Waals surface area contributed by atoms with Crippen molar-refractivity contribution in [2.45, 2.75) is 13.3 Å². The van der Waals surface area contributed by atoms with Crippen LogP contribution in [0.25, 0.3) is 0 Å². The number of amides is 3. The number of carbonyl (C=O) groups is 2. The van der Waals surface area contributed by atoms with E-state index in [1.54, 1.807) is 23.9 Å². The summed E-state index contributed by atoms with van der Waals surface area (Å²) < 4.78 is 0. The van der Waals surface area contributed by atoms with Gasteiger partial charge in [-0.2, -0.15) is 0 Å². The Morgan fingerprint density at radius 3 is 2.16 bits per heavy atom. The van der Waals surface area contributed by atoms with E-state index in [4.69, 9.17) is 0 Å². The van der Waals surface area contributed by atoms with Crippen LogP contribution >= 0.6 is 0 Å². The Hall–Kier alpha value is -1.30. The lowest BCUT2D eigenvalue weighted by molar-refractivity contribution is -0.141. The van der Waals surface area contributed by atoms with Gasteiger partial charge in [-0.3, -0.25) is 4.79 Å². The first-order chi connectivity index (χ1) is 8.94. The molecule has 108 valence electrons. The summed E-state index contributed by atoms with van der Waals surface area (Å²) in [5.41, 5.74) is -0.256. The molecule has 2 aliphatic heterocycles. The van der Waals surface area contributed by atoms with Gasteiger partial charge in [-0.25, -0.2) is 4.79 Å². The molecular formula is C13H24N4O2. The molecule has 3 amide bonds. The number of carbonyl (C=O) groups excluding carboxylic acids is 2. The number of nitrogens with one attached hydrogen (secondary N) is 1. The van der Waals surface area contributed by atoms with Crippen LogP contribution in [0.2, 0.25) is 0 Å². The number of nitrogens with zero attached hydrogens (tertiary/aromatic N) is 3. The quantitative estimate of drug-likeness (QED) is 0.717. The fraction of sp³-hybridized carbons (Fsp3) is 0.846. The Bertz CT molecular complexity index is 356. The summed E-state index contributed by atoms with van der Waals surface area (Å²) in [6.07, 6.45) is 0.905. The molecule has 1 atom stereocenters. The van der Waals surface area contributed by atoms with Gasteiger partial charge >= 0.3 is 6.03 Å². The summed E-state index contributed by atoms with van der Waals surface area (Å²) in [5.74, 6) is 0.231. The lowest BCUT2D eigenvalue weighted by Gasteiger charge is -2.39. The topological polar surface area (TPSA) is 55.9 Å². The molecular weight excluding hydrogens is 244 g/mol. The van der Waals surface area contributed by atoms with Gasteiger partial charge in [0.2, 0.25) is 5.91 Å². The average Bonchev–Trinajstić information content (AvgIpc) is 2.85. The molecule has 2 saturated heterocycles. The van der Waals surface area contributed by atoms with Gasteiger partial charge in [-0.15, -0.1) is 0 Å². The third-order valence-electron chi connectivity index (χ3n) is 4.11. The monoisotopic (exact) mass is 268 g/mol. The molecule has 0 aromatic rings. The molecule has 1 N–H and O–H groups in total. The predicted molar refractivity (Wildman–Crippen MR) is 72.8 cm³/mol. The Morgan fingerprint density at radius 1 is 1.11 bits per heavy atom. The van der Waals surface area contributed by atoms with Crippen LogP contribution in [0.15, 0.2) is 0 Å². The average molecular weight is 268 g/mol. The summed E-state index contributed by atoms with van der Waals surface area (Å²) in [7, 11) is 3.51. The van der Waals surface area contributed by atoms with Crippen LogP contribution in [-0.4, -0.2) is 80.0 Å². The number of hydrogen-bond donors (Lipinski definition) is 1. The normalized spacial score (nSPS) is 27.5. The van der Waals surface area contributed by atoms with Crippen molar-refractivity contribution in [1.82, 2.24) is 20.0 Å². The summed E-state index contributed by atoms with van der Waals surface area (Å²) in [5, 5.41) is 3.26. The van der Waals surface area contributed by atoms with E-state index in [-0.39, 0.29) is 17.4 Å². The van der Waals surface area contributed by atoms with E-state index in [1.807, 2.05) is 11.8 Å². The highest BCUT2D eigenvalue weighted by atomic mass is 16.2. The van der Waals surface area contributed by atoms with Crippen molar-refractivity contribution in [2.24, 2.45) is 5.41 Å². The largest absolute Gasteiger partial charge is 0.339 e. The van der Waals surface area contributed by atoms with E-state index in [9.17, 15) is 9.59 Å². The molecule has 0 saturated carbocycles. The molecule has 6 heteroatoms. The Labute approximate surface area is 114 Å². The summed E-state index contributed by atoms with van der Waals surface area (Å²) in [6.45, 7) is 6.28. The van der Waals surface area contributed by atoms with E-state index in [1.165, 1.54) is 0 Å². The van der Waals surface area contributed by atoms with Gasteiger partial charge in [0, 0.05) is 46.8 Å². The van der Waals surface area contributed by atoms with Crippen LogP contribution < -0.4 is 5.32 Å². The third-order valence-corrected chi connectivity index (χ3v) is 4.11. The second-order valence-corrected chi connectivity index (χ2v) is 5.94. The van der Waals surface area contributed by atoms with E-state index < -0.39 is 0 Å². The lowest BCUT2D eigenvalue weighted by Crippen LogP contribution is -2.55. The molecule has 6 nitrogen and oxygen atoms in total. The summed E-state index contributed by atoms with van der Waals surface area (Å²) in [4.78, 5) is 29.6. The zero-order valence-corrected chi connectivity index (χ0v) is 12.1. The van der Waals surface area contributed by atoms with Crippen LogP contribution in [0.3, 0.4) is 0 Å². The lowest BCUT2D eigenvalue weighted by atomic mass is 9.88. The van der Waals surface area contributed by atoms with E-state index >= 15 is 0 Å². The molecule has 2 rings (SSSR count). The number of hydrogen-bond acceptors (Lipinski definition) is 3. The standard InChI is InChI=1S/C13H24N4O2/c1-13(4-5-14-10-13)11(18)16-6-8-17(9-7-16)12(19)15(2)3/h14H,4-10H2,1-3H3. The first kappa shape index (κ1) is 14.1. The van der Waals surface area contributed by atoms with Crippen molar-refractivity contribution in [2.75, 3.05) is 53.4 Å². The summed E-state index contributed by atoms with van der Waals surface area (Å²) in [6, 6.07) is 0.0286. The van der Waals surface area contributed by atoms with E-state index in [0.717, 1.165) is 19.5 Å². The molecule has 0 radical (unpaired) electrons. The van der Waals surface area contributed by atoms with Crippen molar-refractivity contribution in [3.8, 4) is 0 Å². The minimum absolute atomic E-state index is 0.0286. The van der Waals surface area contributed by atoms with Gasteiger partial charge in [0.1, 0.15) is 0 Å². The maximum absolute atomic E-state index is 12.5. The van der Waals surface area contributed by atoms with Gasteiger partial charge in [0.05, 0.1) is 5.41 Å². The number of piperazine rings is 1. The highest BCUT2D eigenvalue weighted by Crippen LogP contribution is 2.27. The van der Waals surface area contributed by atoms with Crippen LogP contribution in [0.1, 0.15) is 13.3 Å². The van der Waals surface area contributed by atoms with Crippen molar-refractivity contribution < 1.29 is 9.59 Å². The van der Waals surface area contributed by atoms with Crippen LogP contribution in [-0.2, 0) is 4.79 Å².